The predicted molar refractivity (Wildman–Crippen MR) is 69.5 cm³/mol. The van der Waals surface area contributed by atoms with Gasteiger partial charge in [0.1, 0.15) is 6.54 Å². The molecule has 18 heavy (non-hydrogen) atoms. The summed E-state index contributed by atoms with van der Waals surface area (Å²) in [5.74, 6) is -0.450. The van der Waals surface area contributed by atoms with Crippen molar-refractivity contribution in [3.05, 3.63) is 29.8 Å². The van der Waals surface area contributed by atoms with Crippen molar-refractivity contribution in [2.75, 3.05) is 18.5 Å². The number of esters is 1. The summed E-state index contributed by atoms with van der Waals surface area (Å²) in [5, 5.41) is 5.05. The van der Waals surface area contributed by atoms with E-state index >= 15 is 0 Å². The Labute approximate surface area is 107 Å². The highest BCUT2D eigenvalue weighted by molar-refractivity contribution is 5.91. The summed E-state index contributed by atoms with van der Waals surface area (Å²) in [6.45, 7) is 3.95. The van der Waals surface area contributed by atoms with Gasteiger partial charge in [-0.05, 0) is 31.0 Å². The number of aryl methyl sites for hydroxylation is 1. The third-order valence-corrected chi connectivity index (χ3v) is 2.32. The van der Waals surface area contributed by atoms with Crippen molar-refractivity contribution in [2.45, 2.75) is 20.3 Å². The highest BCUT2D eigenvalue weighted by Crippen LogP contribution is 2.09. The van der Waals surface area contributed by atoms with Crippen molar-refractivity contribution in [1.82, 2.24) is 5.32 Å². The smallest absolute Gasteiger partial charge is 0.325 e. The van der Waals surface area contributed by atoms with Crippen LogP contribution in [0.3, 0.4) is 0 Å². The largest absolute Gasteiger partial charge is 0.465 e. The van der Waals surface area contributed by atoms with E-state index in [1.54, 1.807) is 6.92 Å². The standard InChI is InChI=1S/C13H18N2O3/c1-3-10-5-7-11(8-6-10)15-13(17)14-9-12(16)18-4-2/h5-8H,3-4,9H2,1-2H3,(H2,14,15,17). The van der Waals surface area contributed by atoms with Crippen LogP contribution in [0.25, 0.3) is 0 Å². The molecule has 0 heterocycles. The van der Waals surface area contributed by atoms with Gasteiger partial charge in [0.25, 0.3) is 0 Å². The predicted octanol–water partition coefficient (Wildman–Crippen LogP) is 1.93. The van der Waals surface area contributed by atoms with Gasteiger partial charge in [0.15, 0.2) is 0 Å². The van der Waals surface area contributed by atoms with Crippen LogP contribution in [0.15, 0.2) is 24.3 Å². The van der Waals surface area contributed by atoms with Gasteiger partial charge in [-0.2, -0.15) is 0 Å². The molecule has 0 aliphatic heterocycles. The van der Waals surface area contributed by atoms with E-state index in [2.05, 4.69) is 17.6 Å². The first kappa shape index (κ1) is 14.0. The second-order valence-corrected chi connectivity index (χ2v) is 3.66. The number of rotatable bonds is 5. The van der Waals surface area contributed by atoms with Crippen LogP contribution in [-0.4, -0.2) is 25.2 Å². The molecular weight excluding hydrogens is 232 g/mol. The third-order valence-electron chi connectivity index (χ3n) is 2.32. The molecule has 98 valence electrons. The molecule has 0 fully saturated rings. The number of benzene rings is 1. The average molecular weight is 250 g/mol. The van der Waals surface area contributed by atoms with Gasteiger partial charge in [0.05, 0.1) is 6.61 Å². The van der Waals surface area contributed by atoms with E-state index < -0.39 is 12.0 Å². The van der Waals surface area contributed by atoms with E-state index in [9.17, 15) is 9.59 Å². The minimum Gasteiger partial charge on any atom is -0.465 e. The summed E-state index contributed by atoms with van der Waals surface area (Å²) >= 11 is 0. The van der Waals surface area contributed by atoms with Gasteiger partial charge in [-0.15, -0.1) is 0 Å². The molecule has 0 aliphatic carbocycles. The quantitative estimate of drug-likeness (QED) is 0.785. The van der Waals surface area contributed by atoms with Gasteiger partial charge < -0.3 is 15.4 Å². The molecule has 1 rings (SSSR count). The normalized spacial score (nSPS) is 9.67. The zero-order valence-corrected chi connectivity index (χ0v) is 10.7. The molecule has 1 aromatic rings. The molecule has 0 spiro atoms. The van der Waals surface area contributed by atoms with Crippen LogP contribution < -0.4 is 10.6 Å². The van der Waals surface area contributed by atoms with Crippen LogP contribution in [-0.2, 0) is 16.0 Å². The first-order valence-corrected chi connectivity index (χ1v) is 5.95. The van der Waals surface area contributed by atoms with Gasteiger partial charge >= 0.3 is 12.0 Å². The van der Waals surface area contributed by atoms with Crippen LogP contribution in [0, 0.1) is 0 Å². The highest BCUT2D eigenvalue weighted by atomic mass is 16.5. The number of hydrogen-bond donors (Lipinski definition) is 2. The summed E-state index contributed by atoms with van der Waals surface area (Å²) in [7, 11) is 0. The first-order valence-electron chi connectivity index (χ1n) is 5.95. The lowest BCUT2D eigenvalue weighted by Gasteiger charge is -2.07. The van der Waals surface area contributed by atoms with E-state index in [4.69, 9.17) is 4.74 Å². The Hall–Kier alpha value is -2.04. The zero-order chi connectivity index (χ0) is 13.4. The maximum atomic E-state index is 11.4. The minimum absolute atomic E-state index is 0.132. The highest BCUT2D eigenvalue weighted by Gasteiger charge is 2.05. The molecule has 0 radical (unpaired) electrons. The summed E-state index contributed by atoms with van der Waals surface area (Å²) in [6.07, 6.45) is 0.954. The number of anilines is 1. The third kappa shape index (κ3) is 4.86. The van der Waals surface area contributed by atoms with Crippen LogP contribution in [0.1, 0.15) is 19.4 Å². The summed E-state index contributed by atoms with van der Waals surface area (Å²) in [5.41, 5.74) is 1.89. The van der Waals surface area contributed by atoms with Gasteiger partial charge in [-0.25, -0.2) is 4.79 Å². The molecule has 2 amide bonds. The summed E-state index contributed by atoms with van der Waals surface area (Å²) < 4.78 is 4.69. The fraction of sp³-hybridized carbons (Fsp3) is 0.385. The van der Waals surface area contributed by atoms with Crippen molar-refractivity contribution in [1.29, 1.82) is 0 Å². The fourth-order valence-electron chi connectivity index (χ4n) is 1.36. The van der Waals surface area contributed by atoms with Crippen molar-refractivity contribution >= 4 is 17.7 Å². The molecule has 1 aromatic carbocycles. The molecule has 0 atom stereocenters. The van der Waals surface area contributed by atoms with Crippen LogP contribution in [0.2, 0.25) is 0 Å². The molecule has 5 heteroatoms. The lowest BCUT2D eigenvalue weighted by molar-refractivity contribution is -0.141. The number of carbonyl (C=O) groups excluding carboxylic acids is 2. The summed E-state index contributed by atoms with van der Waals surface area (Å²) in [4.78, 5) is 22.5. The number of amides is 2. The van der Waals surface area contributed by atoms with Crippen LogP contribution in [0.4, 0.5) is 10.5 Å². The molecule has 2 N–H and O–H groups in total. The van der Waals surface area contributed by atoms with E-state index in [0.29, 0.717) is 12.3 Å². The number of ether oxygens (including phenoxy) is 1. The number of urea groups is 1. The second kappa shape index (κ2) is 7.32. The Balaban J connectivity index is 2.37. The molecule has 5 nitrogen and oxygen atoms in total. The molecule has 0 saturated carbocycles. The van der Waals surface area contributed by atoms with E-state index in [0.717, 1.165) is 6.42 Å². The van der Waals surface area contributed by atoms with Crippen molar-refractivity contribution in [3.63, 3.8) is 0 Å². The first-order chi connectivity index (χ1) is 8.65. The second-order valence-electron chi connectivity index (χ2n) is 3.66. The van der Waals surface area contributed by atoms with Crippen LogP contribution >= 0.6 is 0 Å². The molecular formula is C13H18N2O3. The number of hydrogen-bond acceptors (Lipinski definition) is 3. The molecule has 0 aromatic heterocycles. The SMILES string of the molecule is CCOC(=O)CNC(=O)Nc1ccc(CC)cc1. The van der Waals surface area contributed by atoms with Gasteiger partial charge in [-0.3, -0.25) is 4.79 Å². The Kier molecular flexibility index (Phi) is 5.70. The fourth-order valence-corrected chi connectivity index (χ4v) is 1.36. The van der Waals surface area contributed by atoms with E-state index in [1.165, 1.54) is 5.56 Å². The number of nitrogens with one attached hydrogen (secondary N) is 2. The van der Waals surface area contributed by atoms with Crippen molar-refractivity contribution in [2.24, 2.45) is 0 Å². The topological polar surface area (TPSA) is 67.4 Å². The maximum absolute atomic E-state index is 11.4. The lowest BCUT2D eigenvalue weighted by Crippen LogP contribution is -2.34. The molecule has 0 saturated heterocycles. The Morgan fingerprint density at radius 2 is 1.83 bits per heavy atom. The Morgan fingerprint density at radius 3 is 2.39 bits per heavy atom. The molecule has 0 bridgehead atoms. The molecule has 0 unspecified atom stereocenters. The Bertz CT molecular complexity index is 401. The number of carbonyl (C=O) groups is 2. The van der Waals surface area contributed by atoms with E-state index in [1.807, 2.05) is 24.3 Å². The molecule has 0 aliphatic rings. The maximum Gasteiger partial charge on any atom is 0.325 e. The Morgan fingerprint density at radius 1 is 1.17 bits per heavy atom. The zero-order valence-electron chi connectivity index (χ0n) is 10.7. The van der Waals surface area contributed by atoms with Crippen molar-refractivity contribution in [3.8, 4) is 0 Å². The minimum atomic E-state index is -0.450. The van der Waals surface area contributed by atoms with Crippen LogP contribution in [0.5, 0.6) is 0 Å². The lowest BCUT2D eigenvalue weighted by atomic mass is 10.1. The summed E-state index contributed by atoms with van der Waals surface area (Å²) in [6, 6.07) is 7.11. The monoisotopic (exact) mass is 250 g/mol. The average Bonchev–Trinajstić information content (AvgIpc) is 2.38. The van der Waals surface area contributed by atoms with E-state index in [-0.39, 0.29) is 6.54 Å². The van der Waals surface area contributed by atoms with Gasteiger partial charge in [0.2, 0.25) is 0 Å². The van der Waals surface area contributed by atoms with Gasteiger partial charge in [-0.1, -0.05) is 19.1 Å². The van der Waals surface area contributed by atoms with Gasteiger partial charge in [0, 0.05) is 5.69 Å². The van der Waals surface area contributed by atoms with Crippen molar-refractivity contribution < 1.29 is 14.3 Å².